The van der Waals surface area contributed by atoms with Crippen molar-refractivity contribution in [1.29, 1.82) is 0 Å². The molecule has 0 amide bonds. The molecule has 0 N–H and O–H groups in total. The molecule has 152 valence electrons. The predicted molar refractivity (Wildman–Crippen MR) is 102 cm³/mol. The van der Waals surface area contributed by atoms with Crippen LogP contribution >= 0.6 is 0 Å². The molecule has 0 aromatic rings. The van der Waals surface area contributed by atoms with Gasteiger partial charge in [0.1, 0.15) is 0 Å². The minimum Gasteiger partial charge on any atom is -0.382 e. The zero-order chi connectivity index (χ0) is 18.3. The highest BCUT2D eigenvalue weighted by molar-refractivity contribution is 4.46. The van der Waals surface area contributed by atoms with Crippen LogP contribution in [-0.4, -0.2) is 66.6 Å². The van der Waals surface area contributed by atoms with Crippen molar-refractivity contribution in [3.8, 4) is 0 Å². The summed E-state index contributed by atoms with van der Waals surface area (Å²) in [5.41, 5.74) is 0. The van der Waals surface area contributed by atoms with Crippen LogP contribution in [0.1, 0.15) is 64.7 Å². The van der Waals surface area contributed by atoms with Gasteiger partial charge in [-0.1, -0.05) is 58.3 Å². The zero-order valence-corrected chi connectivity index (χ0v) is 16.8. The molecule has 0 aliphatic rings. The van der Waals surface area contributed by atoms with E-state index in [4.69, 9.17) is 23.7 Å². The molecule has 0 aliphatic carbocycles. The number of rotatable bonds is 22. The van der Waals surface area contributed by atoms with Gasteiger partial charge in [-0.3, -0.25) is 0 Å². The van der Waals surface area contributed by atoms with Crippen molar-refractivity contribution >= 4 is 0 Å². The molecular formula is C20H42O5. The molecule has 0 atom stereocenters. The van der Waals surface area contributed by atoms with Gasteiger partial charge in [-0.25, -0.2) is 0 Å². The van der Waals surface area contributed by atoms with E-state index < -0.39 is 0 Å². The van der Waals surface area contributed by atoms with Crippen LogP contribution in [0.5, 0.6) is 0 Å². The second-order valence-electron chi connectivity index (χ2n) is 6.27. The van der Waals surface area contributed by atoms with Crippen LogP contribution in [0.2, 0.25) is 0 Å². The van der Waals surface area contributed by atoms with Crippen LogP contribution in [0.3, 0.4) is 0 Å². The van der Waals surface area contributed by atoms with Crippen LogP contribution < -0.4 is 0 Å². The van der Waals surface area contributed by atoms with E-state index in [2.05, 4.69) is 6.92 Å². The average Bonchev–Trinajstić information content (AvgIpc) is 2.63. The molecule has 0 bridgehead atoms. The maximum absolute atomic E-state index is 5.58. The van der Waals surface area contributed by atoms with Crippen molar-refractivity contribution in [3.05, 3.63) is 0 Å². The molecule has 0 aromatic carbocycles. The van der Waals surface area contributed by atoms with Gasteiger partial charge in [-0.05, 0) is 6.42 Å². The molecule has 0 radical (unpaired) electrons. The molecule has 0 saturated heterocycles. The largest absolute Gasteiger partial charge is 0.382 e. The average molecular weight is 363 g/mol. The summed E-state index contributed by atoms with van der Waals surface area (Å²) < 4.78 is 26.6. The van der Waals surface area contributed by atoms with E-state index >= 15 is 0 Å². The number of hydrogen-bond acceptors (Lipinski definition) is 5. The summed E-state index contributed by atoms with van der Waals surface area (Å²) in [6, 6.07) is 0. The van der Waals surface area contributed by atoms with Crippen LogP contribution in [0, 0.1) is 0 Å². The molecule has 0 heterocycles. The van der Waals surface area contributed by atoms with Crippen LogP contribution in [-0.2, 0) is 23.7 Å². The first-order valence-electron chi connectivity index (χ1n) is 10.2. The normalized spacial score (nSPS) is 11.3. The van der Waals surface area contributed by atoms with Crippen molar-refractivity contribution in [2.45, 2.75) is 64.7 Å². The van der Waals surface area contributed by atoms with E-state index in [1.165, 1.54) is 57.8 Å². The second kappa shape index (κ2) is 23.8. The van der Waals surface area contributed by atoms with Crippen molar-refractivity contribution < 1.29 is 23.7 Å². The van der Waals surface area contributed by atoms with Gasteiger partial charge in [0.05, 0.1) is 52.9 Å². The van der Waals surface area contributed by atoms with Crippen LogP contribution in [0.25, 0.3) is 0 Å². The number of ether oxygens (including phenoxy) is 5. The van der Waals surface area contributed by atoms with E-state index in [0.29, 0.717) is 52.9 Å². The summed E-state index contributed by atoms with van der Waals surface area (Å²) in [5, 5.41) is 0. The van der Waals surface area contributed by atoms with Crippen molar-refractivity contribution in [2.75, 3.05) is 66.6 Å². The maximum Gasteiger partial charge on any atom is 0.0701 e. The Balaban J connectivity index is 2.94. The number of methoxy groups -OCH3 is 1. The third-order valence-electron chi connectivity index (χ3n) is 3.94. The predicted octanol–water partition coefficient (Wildman–Crippen LogP) is 4.23. The molecule has 0 aromatic heterocycles. The Labute approximate surface area is 155 Å². The topological polar surface area (TPSA) is 46.2 Å². The van der Waals surface area contributed by atoms with Crippen molar-refractivity contribution in [1.82, 2.24) is 0 Å². The highest BCUT2D eigenvalue weighted by Gasteiger charge is 1.94. The molecule has 0 saturated carbocycles. The first kappa shape index (κ1) is 24.8. The number of hydrogen-bond donors (Lipinski definition) is 0. The first-order chi connectivity index (χ1) is 12.4. The Hall–Kier alpha value is -0.200. The monoisotopic (exact) mass is 362 g/mol. The van der Waals surface area contributed by atoms with E-state index in [9.17, 15) is 0 Å². The second-order valence-corrected chi connectivity index (χ2v) is 6.27. The highest BCUT2D eigenvalue weighted by Crippen LogP contribution is 2.09. The van der Waals surface area contributed by atoms with Crippen molar-refractivity contribution in [2.24, 2.45) is 0 Å². The first-order valence-corrected chi connectivity index (χ1v) is 10.2. The van der Waals surface area contributed by atoms with Gasteiger partial charge >= 0.3 is 0 Å². The number of unbranched alkanes of at least 4 members (excludes halogenated alkanes) is 8. The highest BCUT2D eigenvalue weighted by atomic mass is 16.6. The molecule has 0 fully saturated rings. The Morgan fingerprint density at radius 1 is 0.400 bits per heavy atom. The molecule has 0 unspecified atom stereocenters. The Bertz CT molecular complexity index is 204. The van der Waals surface area contributed by atoms with Crippen LogP contribution in [0.15, 0.2) is 0 Å². The Morgan fingerprint density at radius 3 is 1.20 bits per heavy atom. The minimum atomic E-state index is 0.599. The van der Waals surface area contributed by atoms with Crippen molar-refractivity contribution in [3.63, 3.8) is 0 Å². The fourth-order valence-corrected chi connectivity index (χ4v) is 2.42. The molecule has 0 rings (SSSR count). The fraction of sp³-hybridized carbons (Fsp3) is 1.00. The molecular weight excluding hydrogens is 320 g/mol. The quantitative estimate of drug-likeness (QED) is 0.270. The SMILES string of the molecule is CCCCCCCCCCCOCCOCCOCCOCCOC. The zero-order valence-electron chi connectivity index (χ0n) is 16.8. The minimum absolute atomic E-state index is 0.599. The molecule has 5 heteroatoms. The lowest BCUT2D eigenvalue weighted by Crippen LogP contribution is -2.13. The lowest BCUT2D eigenvalue weighted by atomic mass is 10.1. The molecule has 25 heavy (non-hydrogen) atoms. The van der Waals surface area contributed by atoms with E-state index in [-0.39, 0.29) is 0 Å². The standard InChI is InChI=1S/C20H42O5/c1-3-4-5-6-7-8-9-10-11-12-22-15-16-24-19-20-25-18-17-23-14-13-21-2/h3-20H2,1-2H3. The lowest BCUT2D eigenvalue weighted by molar-refractivity contribution is -0.00800. The van der Waals surface area contributed by atoms with Gasteiger partial charge in [0.25, 0.3) is 0 Å². The van der Waals surface area contributed by atoms with Gasteiger partial charge in [0.2, 0.25) is 0 Å². The van der Waals surface area contributed by atoms with Crippen LogP contribution in [0.4, 0.5) is 0 Å². The van der Waals surface area contributed by atoms with Gasteiger partial charge in [0.15, 0.2) is 0 Å². The summed E-state index contributed by atoms with van der Waals surface area (Å²) in [6.45, 7) is 8.10. The molecule has 5 nitrogen and oxygen atoms in total. The van der Waals surface area contributed by atoms with Gasteiger partial charge in [-0.2, -0.15) is 0 Å². The van der Waals surface area contributed by atoms with Gasteiger partial charge in [0, 0.05) is 13.7 Å². The third kappa shape index (κ3) is 23.8. The summed E-state index contributed by atoms with van der Waals surface area (Å²) in [6.07, 6.45) is 12.1. The van der Waals surface area contributed by atoms with E-state index in [1.807, 2.05) is 0 Å². The summed E-state index contributed by atoms with van der Waals surface area (Å²) in [4.78, 5) is 0. The smallest absolute Gasteiger partial charge is 0.0701 e. The molecule has 0 aliphatic heterocycles. The summed E-state index contributed by atoms with van der Waals surface area (Å²) >= 11 is 0. The summed E-state index contributed by atoms with van der Waals surface area (Å²) in [5.74, 6) is 0. The Kier molecular flexibility index (Phi) is 23.6. The van der Waals surface area contributed by atoms with Gasteiger partial charge < -0.3 is 23.7 Å². The summed E-state index contributed by atoms with van der Waals surface area (Å²) in [7, 11) is 1.66. The molecule has 0 spiro atoms. The van der Waals surface area contributed by atoms with Gasteiger partial charge in [-0.15, -0.1) is 0 Å². The fourth-order valence-electron chi connectivity index (χ4n) is 2.42. The maximum atomic E-state index is 5.58. The van der Waals surface area contributed by atoms with E-state index in [0.717, 1.165) is 6.61 Å². The lowest BCUT2D eigenvalue weighted by Gasteiger charge is -2.07. The Morgan fingerprint density at radius 2 is 0.760 bits per heavy atom. The van der Waals surface area contributed by atoms with E-state index in [1.54, 1.807) is 7.11 Å². The third-order valence-corrected chi connectivity index (χ3v) is 3.94.